The molecule has 0 aliphatic heterocycles. The number of carbonyl (C=O) groups is 2. The lowest BCUT2D eigenvalue weighted by Crippen LogP contribution is -2.25. The third-order valence-corrected chi connectivity index (χ3v) is 3.11. The first-order valence-corrected chi connectivity index (χ1v) is 6.93. The Morgan fingerprint density at radius 2 is 1.80 bits per heavy atom. The van der Waals surface area contributed by atoms with Gasteiger partial charge in [-0.15, -0.1) is 0 Å². The van der Waals surface area contributed by atoms with Crippen molar-refractivity contribution in [3.8, 4) is 0 Å². The van der Waals surface area contributed by atoms with E-state index in [9.17, 15) is 9.59 Å². The molecule has 0 spiro atoms. The van der Waals surface area contributed by atoms with Gasteiger partial charge in [0.15, 0.2) is 0 Å². The minimum Gasteiger partial charge on any atom is -0.460 e. The van der Waals surface area contributed by atoms with Gasteiger partial charge in [0.25, 0.3) is 5.91 Å². The van der Waals surface area contributed by atoms with E-state index in [-0.39, 0.29) is 18.5 Å². The number of hydrogen-bond donors (Lipinski definition) is 1. The van der Waals surface area contributed by atoms with E-state index >= 15 is 0 Å². The van der Waals surface area contributed by atoms with Crippen molar-refractivity contribution >= 4 is 11.9 Å². The molecule has 1 aliphatic carbocycles. The highest BCUT2D eigenvalue weighted by atomic mass is 16.5. The summed E-state index contributed by atoms with van der Waals surface area (Å²) in [6.45, 7) is 5.70. The zero-order valence-corrected chi connectivity index (χ0v) is 12.2. The normalized spacial score (nSPS) is 14.8. The average molecular weight is 275 g/mol. The first-order valence-electron chi connectivity index (χ1n) is 6.93. The number of esters is 1. The summed E-state index contributed by atoms with van der Waals surface area (Å²) in [5.41, 5.74) is 1.03. The first-order chi connectivity index (χ1) is 9.36. The van der Waals surface area contributed by atoms with E-state index in [1.807, 2.05) is 32.9 Å². The lowest BCUT2D eigenvalue weighted by molar-refractivity contribution is -0.154. The number of rotatable bonds is 4. The number of ether oxygens (including phenoxy) is 1. The van der Waals surface area contributed by atoms with Crippen molar-refractivity contribution in [3.05, 3.63) is 35.4 Å². The molecule has 0 bridgehead atoms. The molecule has 4 nitrogen and oxygen atoms in total. The molecule has 108 valence electrons. The number of amides is 1. The van der Waals surface area contributed by atoms with Gasteiger partial charge in [-0.1, -0.05) is 12.1 Å². The van der Waals surface area contributed by atoms with Crippen molar-refractivity contribution in [1.29, 1.82) is 0 Å². The lowest BCUT2D eigenvalue weighted by Gasteiger charge is -2.16. The van der Waals surface area contributed by atoms with Crippen LogP contribution >= 0.6 is 0 Å². The molecule has 1 saturated carbocycles. The molecular weight excluding hydrogens is 254 g/mol. The Hall–Kier alpha value is -1.84. The summed E-state index contributed by atoms with van der Waals surface area (Å²) in [5.74, 6) is -0.265. The van der Waals surface area contributed by atoms with Crippen LogP contribution < -0.4 is 5.32 Å². The Bertz CT molecular complexity index is 495. The first kappa shape index (κ1) is 14.6. The summed E-state index contributed by atoms with van der Waals surface area (Å²) in [5, 5.41) is 2.94. The fourth-order valence-electron chi connectivity index (χ4n) is 1.61. The van der Waals surface area contributed by atoms with Crippen molar-refractivity contribution in [2.45, 2.75) is 46.3 Å². The molecule has 1 aromatic carbocycles. The standard InChI is InChI=1S/C16H21NO3/c1-16(2,3)15(19)20-10-11-4-6-12(7-5-11)14(18)17-13-8-9-13/h4-7,13H,8-10H2,1-3H3,(H,17,18). The van der Waals surface area contributed by atoms with Gasteiger partial charge in [0.1, 0.15) is 6.61 Å². The minimum absolute atomic E-state index is 0.0364. The number of carbonyl (C=O) groups excluding carboxylic acids is 2. The van der Waals surface area contributed by atoms with Crippen LogP contribution in [0.3, 0.4) is 0 Å². The summed E-state index contributed by atoms with van der Waals surface area (Å²) in [6.07, 6.45) is 2.15. The Morgan fingerprint density at radius 1 is 1.20 bits per heavy atom. The van der Waals surface area contributed by atoms with E-state index in [2.05, 4.69) is 5.32 Å². The van der Waals surface area contributed by atoms with E-state index in [1.165, 1.54) is 0 Å². The van der Waals surface area contributed by atoms with Crippen LogP contribution in [0, 0.1) is 5.41 Å². The molecule has 2 rings (SSSR count). The van der Waals surface area contributed by atoms with Gasteiger partial charge < -0.3 is 10.1 Å². The van der Waals surface area contributed by atoms with Crippen molar-refractivity contribution < 1.29 is 14.3 Å². The summed E-state index contributed by atoms with van der Waals surface area (Å²) < 4.78 is 5.23. The van der Waals surface area contributed by atoms with E-state index in [0.717, 1.165) is 18.4 Å². The summed E-state index contributed by atoms with van der Waals surface area (Å²) in [7, 11) is 0. The zero-order valence-electron chi connectivity index (χ0n) is 12.2. The summed E-state index contributed by atoms with van der Waals surface area (Å²) >= 11 is 0. The van der Waals surface area contributed by atoms with Crippen LogP contribution in [-0.4, -0.2) is 17.9 Å². The maximum Gasteiger partial charge on any atom is 0.311 e. The maximum atomic E-state index is 11.8. The fourth-order valence-corrected chi connectivity index (χ4v) is 1.61. The topological polar surface area (TPSA) is 55.4 Å². The molecule has 1 N–H and O–H groups in total. The second-order valence-corrected chi connectivity index (χ2v) is 6.27. The molecule has 0 heterocycles. The summed E-state index contributed by atoms with van der Waals surface area (Å²) in [4.78, 5) is 23.5. The van der Waals surface area contributed by atoms with E-state index < -0.39 is 5.41 Å². The molecule has 4 heteroatoms. The third kappa shape index (κ3) is 4.08. The van der Waals surface area contributed by atoms with Crippen LogP contribution in [0.5, 0.6) is 0 Å². The van der Waals surface area contributed by atoms with Gasteiger partial charge in [0.05, 0.1) is 5.41 Å². The van der Waals surface area contributed by atoms with Crippen molar-refractivity contribution in [1.82, 2.24) is 5.32 Å². The molecular formula is C16H21NO3. The molecule has 0 atom stereocenters. The van der Waals surface area contributed by atoms with Crippen LogP contribution in [-0.2, 0) is 16.1 Å². The molecule has 1 fully saturated rings. The van der Waals surface area contributed by atoms with E-state index in [1.54, 1.807) is 12.1 Å². The molecule has 1 amide bonds. The highest BCUT2D eigenvalue weighted by Crippen LogP contribution is 2.20. The van der Waals surface area contributed by atoms with E-state index in [4.69, 9.17) is 4.74 Å². The highest BCUT2D eigenvalue weighted by molar-refractivity contribution is 5.94. The van der Waals surface area contributed by atoms with Crippen molar-refractivity contribution in [2.24, 2.45) is 5.41 Å². The SMILES string of the molecule is CC(C)(C)C(=O)OCc1ccc(C(=O)NC2CC2)cc1. The quantitative estimate of drug-likeness (QED) is 0.859. The smallest absolute Gasteiger partial charge is 0.311 e. The Morgan fingerprint density at radius 3 is 2.30 bits per heavy atom. The van der Waals surface area contributed by atoms with Crippen LogP contribution in [0.15, 0.2) is 24.3 Å². The maximum absolute atomic E-state index is 11.8. The largest absolute Gasteiger partial charge is 0.460 e. The Balaban J connectivity index is 1.87. The molecule has 0 aromatic heterocycles. The van der Waals surface area contributed by atoms with Gasteiger partial charge in [-0.2, -0.15) is 0 Å². The van der Waals surface area contributed by atoms with Gasteiger partial charge in [-0.3, -0.25) is 9.59 Å². The van der Waals surface area contributed by atoms with Crippen LogP contribution in [0.1, 0.15) is 49.5 Å². The molecule has 0 unspecified atom stereocenters. The van der Waals surface area contributed by atoms with Crippen LogP contribution in [0.25, 0.3) is 0 Å². The van der Waals surface area contributed by atoms with Gasteiger partial charge in [0.2, 0.25) is 0 Å². The second-order valence-electron chi connectivity index (χ2n) is 6.27. The highest BCUT2D eigenvalue weighted by Gasteiger charge is 2.24. The fraction of sp³-hybridized carbons (Fsp3) is 0.500. The molecule has 1 aliphatic rings. The van der Waals surface area contributed by atoms with Crippen LogP contribution in [0.4, 0.5) is 0 Å². The molecule has 0 radical (unpaired) electrons. The third-order valence-electron chi connectivity index (χ3n) is 3.11. The second kappa shape index (κ2) is 5.65. The number of benzene rings is 1. The Labute approximate surface area is 119 Å². The molecule has 0 saturated heterocycles. The number of nitrogens with one attached hydrogen (secondary N) is 1. The minimum atomic E-state index is -0.496. The summed E-state index contributed by atoms with van der Waals surface area (Å²) in [6, 6.07) is 7.51. The van der Waals surface area contributed by atoms with Crippen LogP contribution in [0.2, 0.25) is 0 Å². The van der Waals surface area contributed by atoms with E-state index in [0.29, 0.717) is 11.6 Å². The van der Waals surface area contributed by atoms with Gasteiger partial charge in [-0.25, -0.2) is 0 Å². The molecule has 1 aromatic rings. The van der Waals surface area contributed by atoms with Crippen molar-refractivity contribution in [3.63, 3.8) is 0 Å². The number of hydrogen-bond acceptors (Lipinski definition) is 3. The monoisotopic (exact) mass is 275 g/mol. The van der Waals surface area contributed by atoms with Gasteiger partial charge in [-0.05, 0) is 51.3 Å². The van der Waals surface area contributed by atoms with Gasteiger partial charge >= 0.3 is 5.97 Å². The zero-order chi connectivity index (χ0) is 14.8. The Kier molecular flexibility index (Phi) is 4.12. The predicted octanol–water partition coefficient (Wildman–Crippen LogP) is 2.67. The average Bonchev–Trinajstić information content (AvgIpc) is 3.19. The van der Waals surface area contributed by atoms with Crippen molar-refractivity contribution in [2.75, 3.05) is 0 Å². The molecule has 20 heavy (non-hydrogen) atoms. The van der Waals surface area contributed by atoms with Gasteiger partial charge in [0, 0.05) is 11.6 Å². The predicted molar refractivity (Wildman–Crippen MR) is 76.2 cm³/mol. The lowest BCUT2D eigenvalue weighted by atomic mass is 9.97.